The minimum absolute atomic E-state index is 0.243. The molecule has 1 N–H and O–H groups in total. The summed E-state index contributed by atoms with van der Waals surface area (Å²) in [6, 6.07) is 0.469. The van der Waals surface area contributed by atoms with Gasteiger partial charge in [0.1, 0.15) is 0 Å². The van der Waals surface area contributed by atoms with E-state index in [-0.39, 0.29) is 5.28 Å². The summed E-state index contributed by atoms with van der Waals surface area (Å²) < 4.78 is 0. The Kier molecular flexibility index (Phi) is 3.43. The van der Waals surface area contributed by atoms with Gasteiger partial charge < -0.3 is 10.2 Å². The Hall–Kier alpha value is -1.10. The van der Waals surface area contributed by atoms with Gasteiger partial charge in [0, 0.05) is 19.6 Å². The largest absolute Gasteiger partial charge is 0.357 e. The predicted molar refractivity (Wildman–Crippen MR) is 65.0 cm³/mol. The second-order valence-corrected chi connectivity index (χ2v) is 4.35. The number of hydrogen-bond acceptors (Lipinski definition) is 5. The zero-order chi connectivity index (χ0) is 11.5. The second kappa shape index (κ2) is 4.82. The van der Waals surface area contributed by atoms with Gasteiger partial charge in [-0.1, -0.05) is 0 Å². The topological polar surface area (TPSA) is 53.9 Å². The average Bonchev–Trinajstić information content (AvgIpc) is 2.28. The summed E-state index contributed by atoms with van der Waals surface area (Å²) in [4.78, 5) is 14.7. The molecule has 1 saturated heterocycles. The number of nitrogens with one attached hydrogen (secondary N) is 1. The summed E-state index contributed by atoms with van der Waals surface area (Å²) in [5.74, 6) is 1.20. The van der Waals surface area contributed by atoms with Crippen molar-refractivity contribution < 1.29 is 0 Å². The fraction of sp³-hybridized carbons (Fsp3) is 0.700. The first kappa shape index (κ1) is 11.4. The number of rotatable bonds is 2. The fourth-order valence-electron chi connectivity index (χ4n) is 1.98. The van der Waals surface area contributed by atoms with Crippen LogP contribution in [0.5, 0.6) is 0 Å². The molecular formula is C10H16ClN5. The molecule has 1 aliphatic rings. The maximum Gasteiger partial charge on any atom is 0.231 e. The van der Waals surface area contributed by atoms with Gasteiger partial charge in [-0.05, 0) is 37.8 Å². The van der Waals surface area contributed by atoms with Crippen LogP contribution in [-0.4, -0.2) is 34.6 Å². The van der Waals surface area contributed by atoms with Crippen LogP contribution in [0.25, 0.3) is 0 Å². The maximum atomic E-state index is 5.87. The van der Waals surface area contributed by atoms with Crippen molar-refractivity contribution in [2.24, 2.45) is 0 Å². The lowest BCUT2D eigenvalue weighted by molar-refractivity contribution is 0.477. The highest BCUT2D eigenvalue weighted by Gasteiger charge is 2.21. The Morgan fingerprint density at radius 2 is 2.12 bits per heavy atom. The van der Waals surface area contributed by atoms with Crippen LogP contribution in [0.15, 0.2) is 0 Å². The van der Waals surface area contributed by atoms with E-state index in [0.717, 1.165) is 6.54 Å². The lowest BCUT2D eigenvalue weighted by Crippen LogP contribution is -2.38. The van der Waals surface area contributed by atoms with E-state index in [1.54, 1.807) is 7.05 Å². The van der Waals surface area contributed by atoms with Crippen LogP contribution in [0, 0.1) is 0 Å². The van der Waals surface area contributed by atoms with Crippen LogP contribution in [0.3, 0.4) is 0 Å². The van der Waals surface area contributed by atoms with Crippen molar-refractivity contribution in [3.8, 4) is 0 Å². The molecule has 1 aliphatic heterocycles. The molecule has 0 bridgehead atoms. The maximum absolute atomic E-state index is 5.87. The van der Waals surface area contributed by atoms with E-state index in [1.807, 2.05) is 0 Å². The van der Waals surface area contributed by atoms with Gasteiger partial charge in [0.15, 0.2) is 0 Å². The third kappa shape index (κ3) is 2.35. The SMILES string of the molecule is CNc1nc(Cl)nc(N2CCCCC2C)n1. The van der Waals surface area contributed by atoms with E-state index in [1.165, 1.54) is 19.3 Å². The van der Waals surface area contributed by atoms with E-state index in [9.17, 15) is 0 Å². The van der Waals surface area contributed by atoms with Gasteiger partial charge >= 0.3 is 0 Å². The zero-order valence-corrected chi connectivity index (χ0v) is 10.3. The lowest BCUT2D eigenvalue weighted by atomic mass is 10.0. The summed E-state index contributed by atoms with van der Waals surface area (Å²) in [6.45, 7) is 3.18. The molecule has 1 aromatic heterocycles. The molecule has 6 heteroatoms. The van der Waals surface area contributed by atoms with Crippen molar-refractivity contribution in [2.75, 3.05) is 23.8 Å². The smallest absolute Gasteiger partial charge is 0.231 e. The Morgan fingerprint density at radius 3 is 2.81 bits per heavy atom. The molecule has 0 saturated carbocycles. The Morgan fingerprint density at radius 1 is 1.31 bits per heavy atom. The van der Waals surface area contributed by atoms with Crippen molar-refractivity contribution in [1.29, 1.82) is 0 Å². The molecule has 1 fully saturated rings. The number of aromatic nitrogens is 3. The molecule has 0 spiro atoms. The first-order valence-corrected chi connectivity index (χ1v) is 5.94. The van der Waals surface area contributed by atoms with Crippen molar-refractivity contribution >= 4 is 23.5 Å². The van der Waals surface area contributed by atoms with Crippen molar-refractivity contribution in [1.82, 2.24) is 15.0 Å². The summed E-state index contributed by atoms with van der Waals surface area (Å²) >= 11 is 5.87. The third-order valence-corrected chi connectivity index (χ3v) is 3.05. The second-order valence-electron chi connectivity index (χ2n) is 4.02. The Labute approximate surface area is 100 Å². The molecule has 1 unspecified atom stereocenters. The highest BCUT2D eigenvalue weighted by Crippen LogP contribution is 2.22. The van der Waals surface area contributed by atoms with Crippen molar-refractivity contribution in [2.45, 2.75) is 32.2 Å². The predicted octanol–water partition coefficient (Wildman–Crippen LogP) is 1.95. The van der Waals surface area contributed by atoms with Gasteiger partial charge in [0.2, 0.25) is 17.2 Å². The molecule has 2 heterocycles. The molecule has 5 nitrogen and oxygen atoms in total. The minimum Gasteiger partial charge on any atom is -0.357 e. The normalized spacial score (nSPS) is 20.9. The number of halogens is 1. The first-order valence-electron chi connectivity index (χ1n) is 5.56. The molecule has 88 valence electrons. The number of piperidine rings is 1. The molecule has 0 amide bonds. The molecular weight excluding hydrogens is 226 g/mol. The molecule has 1 atom stereocenters. The minimum atomic E-state index is 0.243. The first-order chi connectivity index (χ1) is 7.70. The highest BCUT2D eigenvalue weighted by molar-refractivity contribution is 6.28. The van der Waals surface area contributed by atoms with Gasteiger partial charge in [-0.15, -0.1) is 0 Å². The Bertz CT molecular complexity index is 370. The molecule has 0 radical (unpaired) electrons. The number of nitrogens with zero attached hydrogens (tertiary/aromatic N) is 4. The molecule has 2 rings (SSSR count). The van der Waals surface area contributed by atoms with Gasteiger partial charge in [-0.2, -0.15) is 15.0 Å². The summed E-state index contributed by atoms with van der Waals surface area (Å²) in [5, 5.41) is 3.13. The van der Waals surface area contributed by atoms with E-state index in [0.29, 0.717) is 17.9 Å². The highest BCUT2D eigenvalue weighted by atomic mass is 35.5. The van der Waals surface area contributed by atoms with Crippen LogP contribution in [0.1, 0.15) is 26.2 Å². The van der Waals surface area contributed by atoms with Crippen molar-refractivity contribution in [3.63, 3.8) is 0 Å². The van der Waals surface area contributed by atoms with Crippen LogP contribution < -0.4 is 10.2 Å². The van der Waals surface area contributed by atoms with Gasteiger partial charge in [-0.25, -0.2) is 0 Å². The van der Waals surface area contributed by atoms with Crippen LogP contribution >= 0.6 is 11.6 Å². The van der Waals surface area contributed by atoms with E-state index < -0.39 is 0 Å². The molecule has 1 aromatic rings. The molecule has 0 aromatic carbocycles. The zero-order valence-electron chi connectivity index (χ0n) is 9.57. The van der Waals surface area contributed by atoms with E-state index in [2.05, 4.69) is 32.1 Å². The van der Waals surface area contributed by atoms with E-state index in [4.69, 9.17) is 11.6 Å². The quantitative estimate of drug-likeness (QED) is 0.858. The summed E-state index contributed by atoms with van der Waals surface area (Å²) in [5.41, 5.74) is 0. The monoisotopic (exact) mass is 241 g/mol. The lowest BCUT2D eigenvalue weighted by Gasteiger charge is -2.33. The number of anilines is 2. The fourth-order valence-corrected chi connectivity index (χ4v) is 2.13. The average molecular weight is 242 g/mol. The van der Waals surface area contributed by atoms with E-state index >= 15 is 0 Å². The summed E-state index contributed by atoms with van der Waals surface area (Å²) in [6.07, 6.45) is 3.64. The van der Waals surface area contributed by atoms with Gasteiger partial charge in [-0.3, -0.25) is 0 Å². The summed E-state index contributed by atoms with van der Waals surface area (Å²) in [7, 11) is 1.77. The van der Waals surface area contributed by atoms with Gasteiger partial charge in [0.05, 0.1) is 0 Å². The third-order valence-electron chi connectivity index (χ3n) is 2.88. The molecule has 0 aliphatic carbocycles. The van der Waals surface area contributed by atoms with Crippen LogP contribution in [-0.2, 0) is 0 Å². The van der Waals surface area contributed by atoms with Crippen LogP contribution in [0.4, 0.5) is 11.9 Å². The Balaban J connectivity index is 2.27. The number of hydrogen-bond donors (Lipinski definition) is 1. The standard InChI is InChI=1S/C10H16ClN5/c1-7-5-3-4-6-16(7)10-14-8(11)13-9(12-2)15-10/h7H,3-6H2,1-2H3,(H,12,13,14,15). The van der Waals surface area contributed by atoms with Gasteiger partial charge in [0.25, 0.3) is 0 Å². The van der Waals surface area contributed by atoms with Crippen molar-refractivity contribution in [3.05, 3.63) is 5.28 Å². The van der Waals surface area contributed by atoms with Crippen LogP contribution in [0.2, 0.25) is 5.28 Å². The molecule has 16 heavy (non-hydrogen) atoms.